The van der Waals surface area contributed by atoms with Crippen molar-refractivity contribution in [2.75, 3.05) is 26.2 Å². The lowest BCUT2D eigenvalue weighted by molar-refractivity contribution is 0.0705. The Kier molecular flexibility index (Phi) is 6.92. The quantitative estimate of drug-likeness (QED) is 0.664. The largest absolute Gasteiger partial charge is 0.425 e. The van der Waals surface area contributed by atoms with Crippen molar-refractivity contribution >= 4 is 15.9 Å². The van der Waals surface area contributed by atoms with Gasteiger partial charge in [0.05, 0.1) is 4.90 Å². The number of carbonyl (C=O) groups excluding carboxylic acids is 1. The summed E-state index contributed by atoms with van der Waals surface area (Å²) >= 11 is 0. The van der Waals surface area contributed by atoms with Crippen molar-refractivity contribution in [3.8, 4) is 0 Å². The van der Waals surface area contributed by atoms with Crippen LogP contribution < -0.4 is 0 Å². The number of hydrogen-bond donors (Lipinski definition) is 0. The number of carbonyl (C=O) groups is 1. The Morgan fingerprint density at radius 3 is 2.23 bits per heavy atom. The van der Waals surface area contributed by atoms with Crippen molar-refractivity contribution < 1.29 is 17.6 Å². The van der Waals surface area contributed by atoms with Crippen LogP contribution in [0.4, 0.5) is 0 Å². The lowest BCUT2D eigenvalue weighted by Gasteiger charge is -2.30. The lowest BCUT2D eigenvalue weighted by Crippen LogP contribution is -2.38. The molecule has 164 valence electrons. The molecule has 0 N–H and O–H groups in total. The first-order chi connectivity index (χ1) is 14.3. The highest BCUT2D eigenvalue weighted by Crippen LogP contribution is 2.29. The van der Waals surface area contributed by atoms with Crippen LogP contribution in [-0.4, -0.2) is 59.9 Å². The topological polar surface area (TPSA) is 96.6 Å². The molecule has 8 nitrogen and oxygen atoms in total. The molecule has 30 heavy (non-hydrogen) atoms. The highest BCUT2D eigenvalue weighted by molar-refractivity contribution is 7.89. The Hall–Kier alpha value is -2.26. The summed E-state index contributed by atoms with van der Waals surface area (Å²) in [5.74, 6) is 1.56. The molecule has 1 fully saturated rings. The van der Waals surface area contributed by atoms with Crippen LogP contribution in [0.3, 0.4) is 0 Å². The number of likely N-dealkylation sites (tertiary alicyclic amines) is 1. The summed E-state index contributed by atoms with van der Waals surface area (Å²) in [5.41, 5.74) is 0.492. The van der Waals surface area contributed by atoms with Gasteiger partial charge in [-0.3, -0.25) is 4.79 Å². The van der Waals surface area contributed by atoms with Gasteiger partial charge in [-0.2, -0.15) is 4.31 Å². The predicted molar refractivity (Wildman–Crippen MR) is 113 cm³/mol. The van der Waals surface area contributed by atoms with Gasteiger partial charge in [0, 0.05) is 43.6 Å². The third-order valence-corrected chi connectivity index (χ3v) is 7.59. The Balaban J connectivity index is 1.63. The normalized spacial score (nSPS) is 15.9. The molecule has 3 rings (SSSR count). The number of benzene rings is 1. The van der Waals surface area contributed by atoms with Crippen molar-refractivity contribution in [2.45, 2.75) is 57.3 Å². The van der Waals surface area contributed by atoms with Crippen LogP contribution in [0, 0.1) is 0 Å². The van der Waals surface area contributed by atoms with Crippen LogP contribution >= 0.6 is 0 Å². The third-order valence-electron chi connectivity index (χ3n) is 5.53. The first-order valence-electron chi connectivity index (χ1n) is 10.5. The molecule has 1 saturated heterocycles. The fourth-order valence-electron chi connectivity index (χ4n) is 3.64. The maximum Gasteiger partial charge on any atom is 0.253 e. The van der Waals surface area contributed by atoms with Gasteiger partial charge in [0.25, 0.3) is 5.91 Å². The van der Waals surface area contributed by atoms with Gasteiger partial charge in [-0.05, 0) is 37.1 Å². The zero-order chi connectivity index (χ0) is 21.9. The van der Waals surface area contributed by atoms with Crippen LogP contribution in [0.1, 0.15) is 74.5 Å². The molecule has 0 radical (unpaired) electrons. The number of hydrogen-bond acceptors (Lipinski definition) is 6. The van der Waals surface area contributed by atoms with Crippen LogP contribution in [0.5, 0.6) is 0 Å². The number of rotatable bonds is 7. The molecule has 9 heteroatoms. The first kappa shape index (κ1) is 22.4. The smallest absolute Gasteiger partial charge is 0.253 e. The summed E-state index contributed by atoms with van der Waals surface area (Å²) in [6.07, 6.45) is 1.53. The fourth-order valence-corrected chi connectivity index (χ4v) is 5.10. The van der Waals surface area contributed by atoms with Gasteiger partial charge in [0.2, 0.25) is 21.8 Å². The molecule has 1 aliphatic rings. The third kappa shape index (κ3) is 4.57. The summed E-state index contributed by atoms with van der Waals surface area (Å²) in [4.78, 5) is 14.9. The van der Waals surface area contributed by atoms with E-state index in [2.05, 4.69) is 10.2 Å². The van der Waals surface area contributed by atoms with E-state index in [1.165, 1.54) is 16.4 Å². The zero-order valence-corrected chi connectivity index (χ0v) is 18.9. The van der Waals surface area contributed by atoms with Crippen molar-refractivity contribution in [2.24, 2.45) is 0 Å². The molecule has 1 aliphatic heterocycles. The molecule has 0 bridgehead atoms. The maximum absolute atomic E-state index is 12.9. The van der Waals surface area contributed by atoms with E-state index in [0.29, 0.717) is 43.5 Å². The fraction of sp³-hybridized carbons (Fsp3) is 0.571. The van der Waals surface area contributed by atoms with Crippen molar-refractivity contribution in [1.29, 1.82) is 0 Å². The van der Waals surface area contributed by atoms with E-state index in [-0.39, 0.29) is 22.6 Å². The van der Waals surface area contributed by atoms with E-state index in [1.54, 1.807) is 30.9 Å². The van der Waals surface area contributed by atoms with Crippen molar-refractivity contribution in [3.63, 3.8) is 0 Å². The molecular weight excluding hydrogens is 404 g/mol. The molecule has 1 aromatic carbocycles. The molecule has 0 unspecified atom stereocenters. The van der Waals surface area contributed by atoms with Crippen molar-refractivity contribution in [1.82, 2.24) is 19.4 Å². The highest BCUT2D eigenvalue weighted by Gasteiger charge is 2.28. The number of nitrogens with zero attached hydrogens (tertiary/aromatic N) is 4. The summed E-state index contributed by atoms with van der Waals surface area (Å²) in [6, 6.07) is 6.22. The van der Waals surface area contributed by atoms with Crippen LogP contribution in [0.15, 0.2) is 33.6 Å². The van der Waals surface area contributed by atoms with Crippen molar-refractivity contribution in [3.05, 3.63) is 41.6 Å². The van der Waals surface area contributed by atoms with E-state index in [1.807, 2.05) is 13.8 Å². The molecule has 0 aliphatic carbocycles. The maximum atomic E-state index is 12.9. The molecule has 1 aromatic heterocycles. The van der Waals surface area contributed by atoms with E-state index < -0.39 is 10.0 Å². The van der Waals surface area contributed by atoms with E-state index in [4.69, 9.17) is 4.42 Å². The summed E-state index contributed by atoms with van der Waals surface area (Å²) < 4.78 is 32.4. The number of piperidine rings is 1. The minimum Gasteiger partial charge on any atom is -0.425 e. The second kappa shape index (κ2) is 9.26. The second-order valence-electron chi connectivity index (χ2n) is 7.81. The number of sulfonamides is 1. The Morgan fingerprint density at radius 1 is 1.13 bits per heavy atom. The van der Waals surface area contributed by atoms with E-state index in [9.17, 15) is 13.2 Å². The molecule has 0 saturated carbocycles. The number of amides is 1. The summed E-state index contributed by atoms with van der Waals surface area (Å²) in [6.45, 7) is 9.65. The molecule has 0 atom stereocenters. The standard InChI is InChI=1S/C21H30N4O4S/c1-5-25(6-2)30(27,28)18-9-7-17(8-10-18)21(26)24-13-11-16(12-14-24)20-23-22-19(29-20)15(3)4/h7-10,15-16H,5-6,11-14H2,1-4H3. The monoisotopic (exact) mass is 434 g/mol. The summed E-state index contributed by atoms with van der Waals surface area (Å²) in [7, 11) is -3.53. The van der Waals surface area contributed by atoms with Gasteiger partial charge in [-0.15, -0.1) is 10.2 Å². The molecule has 2 heterocycles. The van der Waals surface area contributed by atoms with E-state index in [0.717, 1.165) is 12.8 Å². The Labute approximate surface area is 178 Å². The Morgan fingerprint density at radius 2 is 1.73 bits per heavy atom. The highest BCUT2D eigenvalue weighted by atomic mass is 32.2. The average molecular weight is 435 g/mol. The van der Waals surface area contributed by atoms with Gasteiger partial charge in [0.15, 0.2) is 0 Å². The lowest BCUT2D eigenvalue weighted by atomic mass is 9.96. The molecular formula is C21H30N4O4S. The minimum atomic E-state index is -3.53. The predicted octanol–water partition coefficient (Wildman–Crippen LogP) is 3.24. The SMILES string of the molecule is CCN(CC)S(=O)(=O)c1ccc(C(=O)N2CCC(c3nnc(C(C)C)o3)CC2)cc1. The minimum absolute atomic E-state index is 0.0892. The van der Waals surface area contributed by atoms with Gasteiger partial charge in [0.1, 0.15) is 0 Å². The van der Waals surface area contributed by atoms with Gasteiger partial charge < -0.3 is 9.32 Å². The molecule has 0 spiro atoms. The molecule has 2 aromatic rings. The first-order valence-corrected chi connectivity index (χ1v) is 11.9. The second-order valence-corrected chi connectivity index (χ2v) is 9.75. The van der Waals surface area contributed by atoms with Crippen LogP contribution in [0.2, 0.25) is 0 Å². The average Bonchev–Trinajstić information content (AvgIpc) is 3.25. The Bertz CT molecular complexity index is 957. The summed E-state index contributed by atoms with van der Waals surface area (Å²) in [5, 5.41) is 8.26. The van der Waals surface area contributed by atoms with Crippen LogP contribution in [0.25, 0.3) is 0 Å². The molecule has 1 amide bonds. The van der Waals surface area contributed by atoms with Gasteiger partial charge in [-0.1, -0.05) is 27.7 Å². The van der Waals surface area contributed by atoms with Gasteiger partial charge in [-0.25, -0.2) is 8.42 Å². The van der Waals surface area contributed by atoms with Crippen LogP contribution in [-0.2, 0) is 10.0 Å². The van der Waals surface area contributed by atoms with E-state index >= 15 is 0 Å². The number of aromatic nitrogens is 2. The van der Waals surface area contributed by atoms with Gasteiger partial charge >= 0.3 is 0 Å². The zero-order valence-electron chi connectivity index (χ0n) is 18.0.